The molecule has 10 nitrogen and oxygen atoms in total. The van der Waals surface area contributed by atoms with Crippen molar-refractivity contribution in [2.24, 2.45) is 5.92 Å². The maximum absolute atomic E-state index is 11.2. The molecular weight excluding hydrogens is 376 g/mol. The zero-order valence-corrected chi connectivity index (χ0v) is 15.7. The van der Waals surface area contributed by atoms with Crippen LogP contribution in [0.5, 0.6) is 0 Å². The second kappa shape index (κ2) is 11.2. The third-order valence-electron chi connectivity index (χ3n) is 4.50. The van der Waals surface area contributed by atoms with Gasteiger partial charge in [0, 0.05) is 5.57 Å². The molecule has 0 aliphatic carbocycles. The van der Waals surface area contributed by atoms with Crippen LogP contribution in [0.3, 0.4) is 0 Å². The van der Waals surface area contributed by atoms with E-state index in [0.29, 0.717) is 6.42 Å². The summed E-state index contributed by atoms with van der Waals surface area (Å²) < 4.78 is 10.8. The number of carboxylic acids is 2. The number of aliphatic hydroxyl groups excluding tert-OH is 4. The van der Waals surface area contributed by atoms with Gasteiger partial charge in [-0.3, -0.25) is 4.79 Å². The van der Waals surface area contributed by atoms with Crippen molar-refractivity contribution >= 4 is 11.9 Å². The number of aliphatic hydroxyl groups is 4. The molecule has 0 aromatic rings. The topological polar surface area (TPSA) is 174 Å². The van der Waals surface area contributed by atoms with Crippen molar-refractivity contribution in [1.82, 2.24) is 0 Å². The number of carboxylic acid groups (broad SMARTS) is 2. The number of carbonyl (C=O) groups is 2. The van der Waals surface area contributed by atoms with Crippen LogP contribution >= 0.6 is 0 Å². The maximum atomic E-state index is 11.2. The van der Waals surface area contributed by atoms with Gasteiger partial charge in [0.05, 0.1) is 19.1 Å². The van der Waals surface area contributed by atoms with E-state index in [-0.39, 0.29) is 11.5 Å². The fraction of sp³-hybridized carbons (Fsp3) is 0.667. The highest BCUT2D eigenvalue weighted by Crippen LogP contribution is 2.26. The lowest BCUT2D eigenvalue weighted by Crippen LogP contribution is -2.60. The summed E-state index contributed by atoms with van der Waals surface area (Å²) >= 11 is 0. The highest BCUT2D eigenvalue weighted by molar-refractivity contribution is 5.86. The van der Waals surface area contributed by atoms with Crippen LogP contribution in [-0.2, 0) is 19.1 Å². The lowest BCUT2D eigenvalue weighted by Gasteiger charge is -2.41. The van der Waals surface area contributed by atoms with Crippen LogP contribution in [0.1, 0.15) is 26.7 Å². The molecule has 1 aliphatic rings. The first-order chi connectivity index (χ1) is 13.1. The predicted molar refractivity (Wildman–Crippen MR) is 95.2 cm³/mol. The third-order valence-corrected chi connectivity index (χ3v) is 4.50. The van der Waals surface area contributed by atoms with Gasteiger partial charge in [-0.05, 0) is 19.3 Å². The van der Waals surface area contributed by atoms with E-state index in [1.807, 2.05) is 0 Å². The van der Waals surface area contributed by atoms with Gasteiger partial charge < -0.3 is 40.1 Å². The molecule has 1 aliphatic heterocycles. The number of allylic oxidation sites excluding steroid dienone is 3. The van der Waals surface area contributed by atoms with E-state index in [4.69, 9.17) is 19.7 Å². The number of hydrogen-bond acceptors (Lipinski definition) is 8. The Balaban J connectivity index is 2.81. The first-order valence-corrected chi connectivity index (χ1v) is 8.83. The van der Waals surface area contributed by atoms with E-state index in [9.17, 15) is 30.0 Å². The molecule has 1 heterocycles. The van der Waals surface area contributed by atoms with Crippen LogP contribution in [-0.4, -0.2) is 86.0 Å². The van der Waals surface area contributed by atoms with Gasteiger partial charge in [-0.25, -0.2) is 4.79 Å². The fourth-order valence-electron chi connectivity index (χ4n) is 2.64. The maximum Gasteiger partial charge on any atom is 0.331 e. The number of aliphatic carboxylic acids is 2. The summed E-state index contributed by atoms with van der Waals surface area (Å²) in [5.41, 5.74) is 0.142. The molecule has 10 heteroatoms. The molecule has 2 unspecified atom stereocenters. The van der Waals surface area contributed by atoms with Crippen molar-refractivity contribution in [2.75, 3.05) is 6.61 Å². The molecule has 0 amide bonds. The molecule has 0 radical (unpaired) electrons. The quantitative estimate of drug-likeness (QED) is 0.201. The molecule has 1 saturated heterocycles. The summed E-state index contributed by atoms with van der Waals surface area (Å²) in [5.74, 6) is -2.56. The monoisotopic (exact) mass is 404 g/mol. The first-order valence-electron chi connectivity index (χ1n) is 8.83. The van der Waals surface area contributed by atoms with Crippen LogP contribution < -0.4 is 0 Å². The highest BCUT2D eigenvalue weighted by atomic mass is 16.7. The Morgan fingerprint density at radius 2 is 1.79 bits per heavy atom. The fourth-order valence-corrected chi connectivity index (χ4v) is 2.64. The molecule has 28 heavy (non-hydrogen) atoms. The van der Waals surface area contributed by atoms with Crippen molar-refractivity contribution in [2.45, 2.75) is 63.5 Å². The molecule has 0 spiro atoms. The van der Waals surface area contributed by atoms with Gasteiger partial charge in [-0.15, -0.1) is 0 Å². The second-order valence-electron chi connectivity index (χ2n) is 6.77. The van der Waals surface area contributed by atoms with E-state index in [2.05, 4.69) is 0 Å². The third kappa shape index (κ3) is 6.97. The largest absolute Gasteiger partial charge is 0.481 e. The Hall–Kier alpha value is -1.82. The first kappa shape index (κ1) is 24.2. The van der Waals surface area contributed by atoms with Crippen molar-refractivity contribution in [3.63, 3.8) is 0 Å². The SMILES string of the molecule is C/C(=C\C=C\CC(C)C(CC(=O)O)O[C@H]1O[C@@H](CO)[C@H](O)[C@H](O)[C@@H]1O)C(=O)O. The smallest absolute Gasteiger partial charge is 0.331 e. The van der Waals surface area contributed by atoms with Crippen LogP contribution in [0.2, 0.25) is 0 Å². The molecule has 1 fully saturated rings. The van der Waals surface area contributed by atoms with Crippen molar-refractivity contribution < 1.29 is 49.7 Å². The van der Waals surface area contributed by atoms with E-state index in [0.717, 1.165) is 0 Å². The van der Waals surface area contributed by atoms with Crippen molar-refractivity contribution in [3.05, 3.63) is 23.8 Å². The van der Waals surface area contributed by atoms with Crippen molar-refractivity contribution in [1.29, 1.82) is 0 Å². The van der Waals surface area contributed by atoms with Gasteiger partial charge in [0.1, 0.15) is 24.4 Å². The van der Waals surface area contributed by atoms with Crippen LogP contribution in [0.4, 0.5) is 0 Å². The molecular formula is C18H28O10. The minimum atomic E-state index is -1.63. The second-order valence-corrected chi connectivity index (χ2v) is 6.77. The Morgan fingerprint density at radius 1 is 1.14 bits per heavy atom. The van der Waals surface area contributed by atoms with E-state index < -0.39 is 61.8 Å². The minimum Gasteiger partial charge on any atom is -0.481 e. The van der Waals surface area contributed by atoms with E-state index in [1.165, 1.54) is 19.1 Å². The molecule has 0 aromatic carbocycles. The lowest BCUT2D eigenvalue weighted by atomic mass is 9.96. The summed E-state index contributed by atoms with van der Waals surface area (Å²) in [5, 5.41) is 56.8. The summed E-state index contributed by atoms with van der Waals surface area (Å²) in [7, 11) is 0. The number of rotatable bonds is 10. The molecule has 6 N–H and O–H groups in total. The number of ether oxygens (including phenoxy) is 2. The predicted octanol–water partition coefficient (Wildman–Crippen LogP) is -0.740. The minimum absolute atomic E-state index is 0.142. The number of hydrogen-bond donors (Lipinski definition) is 6. The lowest BCUT2D eigenvalue weighted by molar-refractivity contribution is -0.314. The molecule has 1 rings (SSSR count). The van der Waals surface area contributed by atoms with Gasteiger partial charge in [0.2, 0.25) is 0 Å². The Kier molecular flexibility index (Phi) is 9.73. The van der Waals surface area contributed by atoms with E-state index >= 15 is 0 Å². The molecule has 0 aromatic heterocycles. The normalized spacial score (nSPS) is 30.9. The molecule has 0 saturated carbocycles. The van der Waals surface area contributed by atoms with Crippen LogP contribution in [0, 0.1) is 5.92 Å². The van der Waals surface area contributed by atoms with Crippen LogP contribution in [0.25, 0.3) is 0 Å². The Labute approximate surface area is 162 Å². The van der Waals surface area contributed by atoms with Gasteiger partial charge in [-0.1, -0.05) is 25.2 Å². The summed E-state index contributed by atoms with van der Waals surface area (Å²) in [6, 6.07) is 0. The zero-order chi connectivity index (χ0) is 21.4. The Bertz CT molecular complexity index is 585. The highest BCUT2D eigenvalue weighted by Gasteiger charge is 2.45. The van der Waals surface area contributed by atoms with Gasteiger partial charge in [-0.2, -0.15) is 0 Å². The summed E-state index contributed by atoms with van der Waals surface area (Å²) in [6.45, 7) is 2.52. The van der Waals surface area contributed by atoms with Gasteiger partial charge in [0.15, 0.2) is 6.29 Å². The average Bonchev–Trinajstić information content (AvgIpc) is 2.63. The molecule has 160 valence electrons. The molecule has 0 bridgehead atoms. The van der Waals surface area contributed by atoms with Gasteiger partial charge in [0.25, 0.3) is 0 Å². The van der Waals surface area contributed by atoms with Crippen LogP contribution in [0.15, 0.2) is 23.8 Å². The van der Waals surface area contributed by atoms with E-state index in [1.54, 1.807) is 13.0 Å². The zero-order valence-electron chi connectivity index (χ0n) is 15.7. The average molecular weight is 404 g/mol. The molecule has 7 atom stereocenters. The Morgan fingerprint density at radius 3 is 2.32 bits per heavy atom. The standard InChI is InChI=1S/C18H28O10/c1-9(5-3-4-6-10(2)17(25)26)11(7-13(20)21)27-18-16(24)15(23)14(22)12(8-19)28-18/h3-4,6,9,11-12,14-16,18-19,22-24H,5,7-8H2,1-2H3,(H,20,21)(H,25,26)/b4-3+,10-6+/t9?,11?,12-,14-,15-,16-,18-/m0/s1. The van der Waals surface area contributed by atoms with Crippen molar-refractivity contribution in [3.8, 4) is 0 Å². The summed E-state index contributed by atoms with van der Waals surface area (Å²) in [6.07, 6.45) is -3.76. The van der Waals surface area contributed by atoms with Gasteiger partial charge >= 0.3 is 11.9 Å². The summed E-state index contributed by atoms with van der Waals surface area (Å²) in [4.78, 5) is 21.9.